The van der Waals surface area contributed by atoms with Crippen molar-refractivity contribution < 1.29 is 33.0 Å². The quantitative estimate of drug-likeness (QED) is 0.130. The maximum atomic E-state index is 11.6. The number of amides is 2. The highest BCUT2D eigenvalue weighted by Gasteiger charge is 2.44. The van der Waals surface area contributed by atoms with Gasteiger partial charge in [-0.3, -0.25) is 14.5 Å². The monoisotopic (exact) mass is 478 g/mol. The van der Waals surface area contributed by atoms with Gasteiger partial charge in [0.2, 0.25) is 0 Å². The molecule has 13 heteroatoms. The zero-order valence-corrected chi connectivity index (χ0v) is 19.8. The molecule has 1 fully saturated rings. The van der Waals surface area contributed by atoms with Gasteiger partial charge in [-0.05, 0) is 24.6 Å². The van der Waals surface area contributed by atoms with Crippen molar-refractivity contribution in [3.63, 3.8) is 0 Å². The summed E-state index contributed by atoms with van der Waals surface area (Å²) in [6.07, 6.45) is 3.71. The third-order valence-corrected chi connectivity index (χ3v) is 7.12. The SMILES string of the molecule is B[C@@H]1O[C@H](COC)C(OP(O)(=S)OC)[C@@H]1CCCNC(=S)CCN1C(=O)C=CC1=O. The highest BCUT2D eigenvalue weighted by atomic mass is 32.5. The number of carbonyl (C=O) groups is 2. The van der Waals surface area contributed by atoms with Crippen molar-refractivity contribution in [2.24, 2.45) is 5.92 Å². The molecule has 0 bridgehead atoms. The zero-order valence-electron chi connectivity index (χ0n) is 17.3. The topological polar surface area (TPSA) is 107 Å². The second-order valence-electron chi connectivity index (χ2n) is 7.12. The number of methoxy groups -OCH3 is 1. The number of nitrogens with zero attached hydrogens (tertiary/aromatic N) is 1. The van der Waals surface area contributed by atoms with Crippen LogP contribution in [0.25, 0.3) is 0 Å². The van der Waals surface area contributed by atoms with E-state index in [1.54, 1.807) is 7.11 Å². The van der Waals surface area contributed by atoms with Crippen molar-refractivity contribution in [3.8, 4) is 0 Å². The molecule has 2 rings (SSSR count). The minimum atomic E-state index is -3.34. The summed E-state index contributed by atoms with van der Waals surface area (Å²) in [6.45, 7) is -2.12. The van der Waals surface area contributed by atoms with E-state index in [0.29, 0.717) is 24.6 Å². The summed E-state index contributed by atoms with van der Waals surface area (Å²) in [6, 6.07) is -0.0892. The number of imide groups is 1. The number of nitrogens with one attached hydrogen (secondary N) is 1. The first kappa shape index (κ1) is 25.5. The second kappa shape index (κ2) is 11.8. The maximum absolute atomic E-state index is 11.6. The molecule has 2 aliphatic heterocycles. The van der Waals surface area contributed by atoms with E-state index < -0.39 is 12.8 Å². The summed E-state index contributed by atoms with van der Waals surface area (Å²) >= 11 is 10.3. The van der Waals surface area contributed by atoms with Gasteiger partial charge < -0.3 is 28.7 Å². The van der Waals surface area contributed by atoms with Gasteiger partial charge >= 0.3 is 6.72 Å². The fraction of sp³-hybridized carbons (Fsp3) is 0.706. The molecule has 0 spiro atoms. The Bertz CT molecular complexity index is 708. The van der Waals surface area contributed by atoms with Crippen LogP contribution in [-0.2, 0) is 39.9 Å². The molecule has 2 unspecified atom stereocenters. The predicted molar refractivity (Wildman–Crippen MR) is 121 cm³/mol. The first-order chi connectivity index (χ1) is 14.2. The standard InChI is InChI=1S/C17H28BN2O7PS2/c1-24-10-12-16(27-28(23,30)25-2)11(17(18)26-12)4-3-8-19-13(29)7-9-20-14(21)5-6-15(20)22/h5-6,11-12,16-17H,3-4,7-10,18H2,1-2H3,(H,19,29)(H,23,30)/t11-,12+,16?,17+,28?/m0/s1. The minimum absolute atomic E-state index is 0.0102. The molecule has 0 aliphatic carbocycles. The maximum Gasteiger partial charge on any atom is 0.324 e. The van der Waals surface area contributed by atoms with Gasteiger partial charge in [0.05, 0.1) is 11.6 Å². The first-order valence-corrected chi connectivity index (χ1v) is 12.7. The van der Waals surface area contributed by atoms with Gasteiger partial charge in [-0.15, -0.1) is 0 Å². The van der Waals surface area contributed by atoms with Crippen molar-refractivity contribution in [2.75, 3.05) is 33.9 Å². The van der Waals surface area contributed by atoms with Gasteiger partial charge in [-0.25, -0.2) is 0 Å². The molecule has 2 heterocycles. The summed E-state index contributed by atoms with van der Waals surface area (Å²) in [5, 5.41) is 3.15. The molecule has 2 aliphatic rings. The Hall–Kier alpha value is -0.715. The number of rotatable bonds is 12. The second-order valence-corrected chi connectivity index (χ2v) is 10.5. The molecule has 0 aromatic heterocycles. The van der Waals surface area contributed by atoms with Gasteiger partial charge in [0, 0.05) is 57.8 Å². The lowest BCUT2D eigenvalue weighted by Crippen LogP contribution is -2.35. The van der Waals surface area contributed by atoms with Crippen LogP contribution in [0.15, 0.2) is 12.2 Å². The van der Waals surface area contributed by atoms with Gasteiger partial charge in [0.25, 0.3) is 11.8 Å². The molecule has 1 saturated heterocycles. The van der Waals surface area contributed by atoms with E-state index in [4.69, 9.17) is 42.5 Å². The van der Waals surface area contributed by atoms with E-state index in [1.165, 1.54) is 19.3 Å². The Morgan fingerprint density at radius 2 is 2.03 bits per heavy atom. The van der Waals surface area contributed by atoms with Gasteiger partial charge in [0.1, 0.15) is 20.1 Å². The van der Waals surface area contributed by atoms with Crippen LogP contribution in [0, 0.1) is 5.92 Å². The Kier molecular flexibility index (Phi) is 10.0. The first-order valence-electron chi connectivity index (χ1n) is 9.70. The summed E-state index contributed by atoms with van der Waals surface area (Å²) in [5.41, 5.74) is 0. The largest absolute Gasteiger partial charge is 0.382 e. The number of hydrogen-bond donors (Lipinski definition) is 2. The molecule has 5 atom stereocenters. The van der Waals surface area contributed by atoms with Crippen molar-refractivity contribution >= 4 is 55.4 Å². The number of ether oxygens (including phenoxy) is 2. The summed E-state index contributed by atoms with van der Waals surface area (Å²) < 4.78 is 21.8. The summed E-state index contributed by atoms with van der Waals surface area (Å²) in [7, 11) is 4.86. The average molecular weight is 478 g/mol. The predicted octanol–water partition coefficient (Wildman–Crippen LogP) is -0.132. The molecule has 2 N–H and O–H groups in total. The molecule has 0 aromatic carbocycles. The third kappa shape index (κ3) is 7.17. The highest BCUT2D eigenvalue weighted by molar-refractivity contribution is 8.07. The number of thiocarbonyl (C=S) groups is 1. The fourth-order valence-corrected chi connectivity index (χ4v) is 4.73. The molecule has 0 saturated carbocycles. The van der Waals surface area contributed by atoms with Crippen molar-refractivity contribution in [1.82, 2.24) is 10.2 Å². The van der Waals surface area contributed by atoms with Gasteiger partial charge in [-0.2, -0.15) is 0 Å². The molecule has 2 amide bonds. The van der Waals surface area contributed by atoms with Crippen LogP contribution in [0.1, 0.15) is 19.3 Å². The van der Waals surface area contributed by atoms with Crippen LogP contribution in [0.3, 0.4) is 0 Å². The molecular formula is C17H28BN2O7PS2. The number of hydrogen-bond acceptors (Lipinski definition) is 8. The van der Waals surface area contributed by atoms with Crippen LogP contribution in [0.2, 0.25) is 0 Å². The molecular weight excluding hydrogens is 450 g/mol. The lowest BCUT2D eigenvalue weighted by atomic mass is 9.82. The summed E-state index contributed by atoms with van der Waals surface area (Å²) in [4.78, 5) is 35.0. The Labute approximate surface area is 188 Å². The van der Waals surface area contributed by atoms with E-state index in [-0.39, 0.29) is 36.4 Å². The Balaban J connectivity index is 1.78. The zero-order chi connectivity index (χ0) is 22.3. The number of carbonyl (C=O) groups excluding carboxylic acids is 2. The van der Waals surface area contributed by atoms with E-state index >= 15 is 0 Å². The van der Waals surface area contributed by atoms with E-state index in [2.05, 4.69) is 5.32 Å². The van der Waals surface area contributed by atoms with E-state index in [1.807, 2.05) is 7.85 Å². The van der Waals surface area contributed by atoms with E-state index in [0.717, 1.165) is 17.7 Å². The Morgan fingerprint density at radius 3 is 2.63 bits per heavy atom. The van der Waals surface area contributed by atoms with Crippen LogP contribution in [0.4, 0.5) is 0 Å². The fourth-order valence-electron chi connectivity index (χ4n) is 3.56. The van der Waals surface area contributed by atoms with Crippen LogP contribution in [-0.4, -0.2) is 86.6 Å². The lowest BCUT2D eigenvalue weighted by molar-refractivity contribution is -0.136. The lowest BCUT2D eigenvalue weighted by Gasteiger charge is -2.27. The minimum Gasteiger partial charge on any atom is -0.382 e. The van der Waals surface area contributed by atoms with Crippen molar-refractivity contribution in [2.45, 2.75) is 37.5 Å². The Morgan fingerprint density at radius 1 is 1.37 bits per heavy atom. The van der Waals surface area contributed by atoms with Gasteiger partial charge in [-0.1, -0.05) is 12.2 Å². The van der Waals surface area contributed by atoms with Gasteiger partial charge in [0.15, 0.2) is 0 Å². The molecule has 9 nitrogen and oxygen atoms in total. The van der Waals surface area contributed by atoms with Crippen LogP contribution >= 0.6 is 18.9 Å². The summed E-state index contributed by atoms with van der Waals surface area (Å²) in [5.74, 6) is -0.610. The third-order valence-electron chi connectivity index (χ3n) is 5.10. The molecule has 0 aromatic rings. The van der Waals surface area contributed by atoms with Crippen molar-refractivity contribution in [3.05, 3.63) is 12.2 Å². The van der Waals surface area contributed by atoms with E-state index in [9.17, 15) is 14.5 Å². The van der Waals surface area contributed by atoms with Crippen LogP contribution < -0.4 is 5.32 Å². The molecule has 30 heavy (non-hydrogen) atoms. The smallest absolute Gasteiger partial charge is 0.324 e. The average Bonchev–Trinajstić information content (AvgIpc) is 3.16. The van der Waals surface area contributed by atoms with Crippen molar-refractivity contribution in [1.29, 1.82) is 0 Å². The highest BCUT2D eigenvalue weighted by Crippen LogP contribution is 2.48. The van der Waals surface area contributed by atoms with Crippen LogP contribution in [0.5, 0.6) is 0 Å². The normalized spacial score (nSPS) is 28.2. The molecule has 0 radical (unpaired) electrons. The molecule has 168 valence electrons.